The van der Waals surface area contributed by atoms with Gasteiger partial charge in [-0.1, -0.05) is 30.3 Å². The number of aryl methyl sites for hydroxylation is 1. The van der Waals surface area contributed by atoms with E-state index in [-0.39, 0.29) is 24.0 Å². The largest absolute Gasteiger partial charge is 0.379 e. The van der Waals surface area contributed by atoms with E-state index in [0.29, 0.717) is 0 Å². The smallest absolute Gasteiger partial charge is 0.193 e. The van der Waals surface area contributed by atoms with Crippen molar-refractivity contribution in [2.24, 2.45) is 10.9 Å². The van der Waals surface area contributed by atoms with Crippen molar-refractivity contribution in [1.29, 1.82) is 0 Å². The molecule has 0 radical (unpaired) electrons. The zero-order chi connectivity index (χ0) is 16.3. The molecule has 5 heteroatoms. The number of rotatable bonds is 10. The lowest BCUT2D eigenvalue weighted by atomic mass is 10.1. The van der Waals surface area contributed by atoms with E-state index in [1.807, 2.05) is 0 Å². The molecule has 1 fully saturated rings. The predicted octanol–water partition coefficient (Wildman–Crippen LogP) is 3.56. The van der Waals surface area contributed by atoms with Gasteiger partial charge in [0.05, 0.1) is 6.61 Å². The lowest BCUT2D eigenvalue weighted by Crippen LogP contribution is -2.40. The maximum absolute atomic E-state index is 5.72. The van der Waals surface area contributed by atoms with Gasteiger partial charge in [0.1, 0.15) is 0 Å². The number of ether oxygens (including phenoxy) is 1. The van der Waals surface area contributed by atoms with Gasteiger partial charge in [0, 0.05) is 33.3 Å². The highest BCUT2D eigenvalue weighted by Crippen LogP contribution is 2.28. The molecule has 1 N–H and O–H groups in total. The minimum Gasteiger partial charge on any atom is -0.379 e. The molecule has 0 amide bonds. The standard InChI is InChI=1S/C19H31N3O.HI/c1-3-20-19(22(2)14-15-23-16-18-11-12-18)21-13-7-10-17-8-5-4-6-9-17;/h4-6,8-9,18H,3,7,10-16H2,1-2H3,(H,20,21);1H. The topological polar surface area (TPSA) is 36.9 Å². The van der Waals surface area contributed by atoms with Gasteiger partial charge in [-0.2, -0.15) is 0 Å². The molecule has 0 saturated heterocycles. The molecule has 0 aliphatic heterocycles. The third-order valence-electron chi connectivity index (χ3n) is 4.05. The fraction of sp³-hybridized carbons (Fsp3) is 0.632. The molecular weight excluding hydrogens is 413 g/mol. The number of hydrogen-bond donors (Lipinski definition) is 1. The summed E-state index contributed by atoms with van der Waals surface area (Å²) in [6.45, 7) is 6.45. The quantitative estimate of drug-likeness (QED) is 0.259. The molecular formula is C19H32IN3O. The molecule has 0 bridgehead atoms. The van der Waals surface area contributed by atoms with Crippen LogP contribution >= 0.6 is 24.0 Å². The Hall–Kier alpha value is -0.820. The van der Waals surface area contributed by atoms with Gasteiger partial charge in [-0.3, -0.25) is 4.99 Å². The van der Waals surface area contributed by atoms with E-state index in [0.717, 1.165) is 57.6 Å². The summed E-state index contributed by atoms with van der Waals surface area (Å²) >= 11 is 0. The Labute approximate surface area is 164 Å². The van der Waals surface area contributed by atoms with Crippen LogP contribution in [0.25, 0.3) is 0 Å². The molecule has 0 spiro atoms. The average Bonchev–Trinajstić information content (AvgIpc) is 3.39. The Morgan fingerprint density at radius 3 is 2.71 bits per heavy atom. The van der Waals surface area contributed by atoms with Gasteiger partial charge in [0.15, 0.2) is 5.96 Å². The van der Waals surface area contributed by atoms with Crippen LogP contribution < -0.4 is 5.32 Å². The van der Waals surface area contributed by atoms with E-state index in [2.05, 4.69) is 54.5 Å². The van der Waals surface area contributed by atoms with Crippen LogP contribution in [-0.2, 0) is 11.2 Å². The normalized spacial score (nSPS) is 14.2. The maximum Gasteiger partial charge on any atom is 0.193 e. The van der Waals surface area contributed by atoms with Crippen LogP contribution in [-0.4, -0.2) is 50.8 Å². The van der Waals surface area contributed by atoms with Gasteiger partial charge in [-0.05, 0) is 44.1 Å². The Balaban J connectivity index is 0.00000288. The Morgan fingerprint density at radius 2 is 2.04 bits per heavy atom. The zero-order valence-electron chi connectivity index (χ0n) is 15.0. The lowest BCUT2D eigenvalue weighted by Gasteiger charge is -2.22. The van der Waals surface area contributed by atoms with Crippen molar-refractivity contribution in [2.45, 2.75) is 32.6 Å². The molecule has 136 valence electrons. The van der Waals surface area contributed by atoms with E-state index in [9.17, 15) is 0 Å². The van der Waals surface area contributed by atoms with Gasteiger partial charge in [-0.25, -0.2) is 0 Å². The predicted molar refractivity (Wildman–Crippen MR) is 112 cm³/mol. The van der Waals surface area contributed by atoms with E-state index in [1.165, 1.54) is 18.4 Å². The first-order valence-corrected chi connectivity index (χ1v) is 8.90. The highest BCUT2D eigenvalue weighted by molar-refractivity contribution is 14.0. The van der Waals surface area contributed by atoms with Crippen LogP contribution in [0.4, 0.5) is 0 Å². The molecule has 0 heterocycles. The summed E-state index contributed by atoms with van der Waals surface area (Å²) < 4.78 is 5.72. The fourth-order valence-corrected chi connectivity index (χ4v) is 2.42. The van der Waals surface area contributed by atoms with Crippen molar-refractivity contribution in [1.82, 2.24) is 10.2 Å². The monoisotopic (exact) mass is 445 g/mol. The van der Waals surface area contributed by atoms with Gasteiger partial charge >= 0.3 is 0 Å². The molecule has 0 atom stereocenters. The van der Waals surface area contributed by atoms with Crippen LogP contribution in [0.3, 0.4) is 0 Å². The summed E-state index contributed by atoms with van der Waals surface area (Å²) in [6, 6.07) is 10.6. The zero-order valence-corrected chi connectivity index (χ0v) is 17.4. The number of guanidine groups is 1. The van der Waals surface area contributed by atoms with Gasteiger partial charge in [-0.15, -0.1) is 24.0 Å². The van der Waals surface area contributed by atoms with Crippen LogP contribution in [0.15, 0.2) is 35.3 Å². The average molecular weight is 445 g/mol. The summed E-state index contributed by atoms with van der Waals surface area (Å²) in [4.78, 5) is 6.90. The summed E-state index contributed by atoms with van der Waals surface area (Å²) in [5.41, 5.74) is 1.38. The number of benzene rings is 1. The van der Waals surface area contributed by atoms with E-state index < -0.39 is 0 Å². The second-order valence-electron chi connectivity index (χ2n) is 6.26. The number of nitrogens with one attached hydrogen (secondary N) is 1. The SMILES string of the molecule is CCNC(=NCCCc1ccccc1)N(C)CCOCC1CC1.I. The second-order valence-corrected chi connectivity index (χ2v) is 6.26. The Morgan fingerprint density at radius 1 is 1.29 bits per heavy atom. The highest BCUT2D eigenvalue weighted by Gasteiger charge is 2.21. The van der Waals surface area contributed by atoms with Crippen molar-refractivity contribution in [3.8, 4) is 0 Å². The molecule has 24 heavy (non-hydrogen) atoms. The van der Waals surface area contributed by atoms with Crippen LogP contribution in [0.2, 0.25) is 0 Å². The Bertz CT molecular complexity index is 463. The highest BCUT2D eigenvalue weighted by atomic mass is 127. The maximum atomic E-state index is 5.72. The van der Waals surface area contributed by atoms with Crippen molar-refractivity contribution in [3.63, 3.8) is 0 Å². The molecule has 1 saturated carbocycles. The summed E-state index contributed by atoms with van der Waals surface area (Å²) in [5, 5.41) is 3.36. The molecule has 2 rings (SSSR count). The van der Waals surface area contributed by atoms with E-state index in [1.54, 1.807) is 0 Å². The van der Waals surface area contributed by atoms with Crippen LogP contribution in [0.5, 0.6) is 0 Å². The number of halogens is 1. The summed E-state index contributed by atoms with van der Waals surface area (Å²) in [6.07, 6.45) is 4.85. The first-order chi connectivity index (χ1) is 11.3. The van der Waals surface area contributed by atoms with Gasteiger partial charge in [0.25, 0.3) is 0 Å². The first kappa shape index (κ1) is 21.2. The van der Waals surface area contributed by atoms with Crippen molar-refractivity contribution in [2.75, 3.05) is 39.9 Å². The third kappa shape index (κ3) is 8.87. The summed E-state index contributed by atoms with van der Waals surface area (Å²) in [5.74, 6) is 1.82. The second kappa shape index (κ2) is 12.5. The molecule has 1 aliphatic rings. The van der Waals surface area contributed by atoms with Gasteiger partial charge in [0.2, 0.25) is 0 Å². The number of nitrogens with zero attached hydrogens (tertiary/aromatic N) is 2. The van der Waals surface area contributed by atoms with Gasteiger partial charge < -0.3 is 15.0 Å². The van der Waals surface area contributed by atoms with Crippen molar-refractivity contribution >= 4 is 29.9 Å². The molecule has 1 aromatic rings. The number of likely N-dealkylation sites (N-methyl/N-ethyl adjacent to an activating group) is 1. The lowest BCUT2D eigenvalue weighted by molar-refractivity contribution is 0.115. The van der Waals surface area contributed by atoms with Crippen LogP contribution in [0, 0.1) is 5.92 Å². The molecule has 0 aromatic heterocycles. The molecule has 1 aromatic carbocycles. The third-order valence-corrected chi connectivity index (χ3v) is 4.05. The fourth-order valence-electron chi connectivity index (χ4n) is 2.42. The number of hydrogen-bond acceptors (Lipinski definition) is 2. The van der Waals surface area contributed by atoms with E-state index in [4.69, 9.17) is 9.73 Å². The Kier molecular flexibility index (Phi) is 11.1. The minimum atomic E-state index is 0. The minimum absolute atomic E-state index is 0. The summed E-state index contributed by atoms with van der Waals surface area (Å²) in [7, 11) is 2.08. The first-order valence-electron chi connectivity index (χ1n) is 8.90. The molecule has 4 nitrogen and oxygen atoms in total. The van der Waals surface area contributed by atoms with Crippen LogP contribution in [0.1, 0.15) is 31.7 Å². The van der Waals surface area contributed by atoms with E-state index >= 15 is 0 Å². The number of aliphatic imine (C=N–C) groups is 1. The molecule has 1 aliphatic carbocycles. The molecule has 0 unspecified atom stereocenters. The van der Waals surface area contributed by atoms with Crippen molar-refractivity contribution in [3.05, 3.63) is 35.9 Å². The van der Waals surface area contributed by atoms with Crippen molar-refractivity contribution < 1.29 is 4.74 Å².